The molecule has 0 saturated heterocycles. The fraction of sp³-hybridized carbons (Fsp3) is 0.865. The highest BCUT2D eigenvalue weighted by Gasteiger charge is 2.23. The number of phosphoric acid groups is 1. The standard InChI is InChI=1S/C52H101N2O6P/c1-6-8-10-12-14-16-18-20-22-24-26-27-28-29-31-33-35-37-39-41-43-45-51(55)50(49-60-61(57,58)59-48-47-54(3,4)5)53-52(56)46-44-42-40-38-36-34-32-30-25-23-21-19-17-15-13-11-9-7-2/h30,32,35,37,43,45,50-51,55H,6-29,31,33-34,36,38-42,44,46-49H2,1-5H3,(H-,53,56,57,58)/b32-30-,37-35+,45-43+. The predicted octanol–water partition coefficient (Wildman–Crippen LogP) is 14.4. The number of quaternary nitrogens is 1. The molecule has 360 valence electrons. The predicted molar refractivity (Wildman–Crippen MR) is 261 cm³/mol. The number of hydrogen-bond acceptors (Lipinski definition) is 6. The summed E-state index contributed by atoms with van der Waals surface area (Å²) in [6.07, 6.45) is 54.9. The molecule has 0 fully saturated rings. The lowest BCUT2D eigenvalue weighted by Crippen LogP contribution is -2.45. The molecule has 9 heteroatoms. The zero-order valence-corrected chi connectivity index (χ0v) is 41.8. The Labute approximate surface area is 378 Å². The molecule has 0 aromatic rings. The number of carbonyl (C=O) groups excluding carboxylic acids is 1. The molecule has 0 aliphatic carbocycles. The second-order valence-electron chi connectivity index (χ2n) is 18.9. The summed E-state index contributed by atoms with van der Waals surface area (Å²) in [5.74, 6) is -0.214. The number of nitrogens with zero attached hydrogens (tertiary/aromatic N) is 1. The van der Waals surface area contributed by atoms with E-state index in [9.17, 15) is 19.4 Å². The van der Waals surface area contributed by atoms with E-state index in [0.29, 0.717) is 17.4 Å². The molecule has 0 rings (SSSR count). The zero-order chi connectivity index (χ0) is 45.0. The quantitative estimate of drug-likeness (QED) is 0.0273. The van der Waals surface area contributed by atoms with Crippen molar-refractivity contribution >= 4 is 13.7 Å². The van der Waals surface area contributed by atoms with E-state index in [-0.39, 0.29) is 12.5 Å². The highest BCUT2D eigenvalue weighted by atomic mass is 31.2. The molecule has 0 aliphatic heterocycles. The van der Waals surface area contributed by atoms with Crippen LogP contribution in [0.15, 0.2) is 36.5 Å². The van der Waals surface area contributed by atoms with Crippen molar-refractivity contribution in [2.45, 2.75) is 251 Å². The number of carbonyl (C=O) groups is 1. The monoisotopic (exact) mass is 881 g/mol. The van der Waals surface area contributed by atoms with Crippen LogP contribution < -0.4 is 10.2 Å². The summed E-state index contributed by atoms with van der Waals surface area (Å²) in [4.78, 5) is 25.4. The fourth-order valence-electron chi connectivity index (χ4n) is 7.46. The Balaban J connectivity index is 4.37. The summed E-state index contributed by atoms with van der Waals surface area (Å²) in [6, 6.07) is -0.906. The third-order valence-corrected chi connectivity index (χ3v) is 12.5. The Morgan fingerprint density at radius 3 is 1.33 bits per heavy atom. The molecular weight excluding hydrogens is 780 g/mol. The summed E-state index contributed by atoms with van der Waals surface area (Å²) in [6.45, 7) is 4.64. The Kier molecular flexibility index (Phi) is 43.0. The first-order chi connectivity index (χ1) is 29.5. The van der Waals surface area contributed by atoms with E-state index in [1.165, 1.54) is 167 Å². The van der Waals surface area contributed by atoms with Gasteiger partial charge in [-0.2, -0.15) is 0 Å². The van der Waals surface area contributed by atoms with Crippen LogP contribution in [0.2, 0.25) is 0 Å². The van der Waals surface area contributed by atoms with Crippen LogP contribution in [0, 0.1) is 0 Å². The minimum atomic E-state index is -4.60. The highest BCUT2D eigenvalue weighted by molar-refractivity contribution is 7.45. The van der Waals surface area contributed by atoms with Crippen LogP contribution in [-0.2, 0) is 18.4 Å². The Morgan fingerprint density at radius 2 is 0.918 bits per heavy atom. The molecule has 0 heterocycles. The van der Waals surface area contributed by atoms with Crippen molar-refractivity contribution in [3.05, 3.63) is 36.5 Å². The molecule has 2 N–H and O–H groups in total. The molecular formula is C52H101N2O6P. The molecule has 0 aliphatic rings. The number of aliphatic hydroxyl groups is 1. The number of unbranched alkanes of at least 4 members (excludes halogenated alkanes) is 30. The van der Waals surface area contributed by atoms with Crippen LogP contribution in [0.1, 0.15) is 239 Å². The van der Waals surface area contributed by atoms with Gasteiger partial charge in [-0.15, -0.1) is 0 Å². The number of hydrogen-bond donors (Lipinski definition) is 2. The van der Waals surface area contributed by atoms with E-state index in [1.807, 2.05) is 27.2 Å². The maximum Gasteiger partial charge on any atom is 0.268 e. The molecule has 0 aromatic carbocycles. The summed E-state index contributed by atoms with van der Waals surface area (Å²) < 4.78 is 23.3. The summed E-state index contributed by atoms with van der Waals surface area (Å²) >= 11 is 0. The molecule has 3 unspecified atom stereocenters. The van der Waals surface area contributed by atoms with Gasteiger partial charge in [0.25, 0.3) is 7.82 Å². The third-order valence-electron chi connectivity index (χ3n) is 11.6. The van der Waals surface area contributed by atoms with Gasteiger partial charge >= 0.3 is 0 Å². The van der Waals surface area contributed by atoms with Crippen LogP contribution in [0.3, 0.4) is 0 Å². The summed E-state index contributed by atoms with van der Waals surface area (Å²) in [7, 11) is 1.24. The average Bonchev–Trinajstić information content (AvgIpc) is 3.21. The van der Waals surface area contributed by atoms with Crippen LogP contribution >= 0.6 is 7.82 Å². The molecule has 0 radical (unpaired) electrons. The van der Waals surface area contributed by atoms with Crippen LogP contribution in [-0.4, -0.2) is 68.5 Å². The van der Waals surface area contributed by atoms with E-state index >= 15 is 0 Å². The van der Waals surface area contributed by atoms with Crippen molar-refractivity contribution < 1.29 is 32.9 Å². The smallest absolute Gasteiger partial charge is 0.268 e. The zero-order valence-electron chi connectivity index (χ0n) is 40.9. The van der Waals surface area contributed by atoms with Crippen molar-refractivity contribution in [3.63, 3.8) is 0 Å². The Bertz CT molecular complexity index is 1090. The Morgan fingerprint density at radius 1 is 0.557 bits per heavy atom. The lowest BCUT2D eigenvalue weighted by Gasteiger charge is -2.29. The van der Waals surface area contributed by atoms with Crippen molar-refractivity contribution in [1.29, 1.82) is 0 Å². The molecule has 1 amide bonds. The van der Waals surface area contributed by atoms with Gasteiger partial charge < -0.3 is 28.8 Å². The number of amides is 1. The largest absolute Gasteiger partial charge is 0.756 e. The fourth-order valence-corrected chi connectivity index (χ4v) is 8.18. The van der Waals surface area contributed by atoms with Gasteiger partial charge in [-0.25, -0.2) is 0 Å². The van der Waals surface area contributed by atoms with Gasteiger partial charge in [0, 0.05) is 6.42 Å². The van der Waals surface area contributed by atoms with Crippen LogP contribution in [0.4, 0.5) is 0 Å². The average molecular weight is 881 g/mol. The van der Waals surface area contributed by atoms with Crippen LogP contribution in [0.5, 0.6) is 0 Å². The van der Waals surface area contributed by atoms with Gasteiger partial charge in [0.15, 0.2) is 0 Å². The van der Waals surface area contributed by atoms with Crippen molar-refractivity contribution in [2.75, 3.05) is 40.9 Å². The minimum Gasteiger partial charge on any atom is -0.756 e. The Hall–Kier alpha value is -1.28. The first-order valence-electron chi connectivity index (χ1n) is 25.9. The van der Waals surface area contributed by atoms with E-state index < -0.39 is 26.6 Å². The number of nitrogens with one attached hydrogen (secondary N) is 1. The van der Waals surface area contributed by atoms with Crippen molar-refractivity contribution in [3.8, 4) is 0 Å². The lowest BCUT2D eigenvalue weighted by molar-refractivity contribution is -0.870. The maximum absolute atomic E-state index is 12.9. The minimum absolute atomic E-state index is 0.00758. The molecule has 0 saturated carbocycles. The summed E-state index contributed by atoms with van der Waals surface area (Å²) in [5, 5.41) is 13.8. The van der Waals surface area contributed by atoms with E-state index in [2.05, 4.69) is 43.5 Å². The SMILES string of the molecule is CCCCCCCCCCC/C=C\CCCCCCCC(=O)NC(COP(=O)([O-])OCC[N+](C)(C)C)C(O)/C=C/CC/C=C/CCCCCCCCCCCCCCCCC. The molecule has 0 bridgehead atoms. The first kappa shape index (κ1) is 59.7. The number of allylic oxidation sites excluding steroid dienone is 5. The van der Waals surface area contributed by atoms with Gasteiger partial charge in [0.05, 0.1) is 39.9 Å². The number of rotatable bonds is 47. The third kappa shape index (κ3) is 46.5. The second kappa shape index (κ2) is 43.9. The van der Waals surface area contributed by atoms with Crippen molar-refractivity contribution in [1.82, 2.24) is 5.32 Å². The molecule has 0 spiro atoms. The summed E-state index contributed by atoms with van der Waals surface area (Å²) in [5.41, 5.74) is 0. The topological polar surface area (TPSA) is 108 Å². The van der Waals surface area contributed by atoms with Crippen LogP contribution in [0.25, 0.3) is 0 Å². The van der Waals surface area contributed by atoms with Gasteiger partial charge in [0.1, 0.15) is 13.2 Å². The molecule has 8 nitrogen and oxygen atoms in total. The first-order valence-corrected chi connectivity index (χ1v) is 27.3. The second-order valence-corrected chi connectivity index (χ2v) is 20.3. The van der Waals surface area contributed by atoms with Gasteiger partial charge in [-0.05, 0) is 57.8 Å². The number of likely N-dealkylation sites (N-methyl/N-ethyl adjacent to an activating group) is 1. The molecule has 61 heavy (non-hydrogen) atoms. The van der Waals surface area contributed by atoms with Gasteiger partial charge in [-0.1, -0.05) is 211 Å². The van der Waals surface area contributed by atoms with Gasteiger partial charge in [-0.3, -0.25) is 9.36 Å². The van der Waals surface area contributed by atoms with Gasteiger partial charge in [0.2, 0.25) is 5.91 Å². The lowest BCUT2D eigenvalue weighted by atomic mass is 10.0. The van der Waals surface area contributed by atoms with E-state index in [0.717, 1.165) is 51.4 Å². The van der Waals surface area contributed by atoms with Crippen molar-refractivity contribution in [2.24, 2.45) is 0 Å². The van der Waals surface area contributed by atoms with E-state index in [1.54, 1.807) is 6.08 Å². The maximum atomic E-state index is 12.9. The van der Waals surface area contributed by atoms with E-state index in [4.69, 9.17) is 9.05 Å². The number of phosphoric ester groups is 1. The normalized spacial score (nSPS) is 14.4. The molecule has 3 atom stereocenters. The highest BCUT2D eigenvalue weighted by Crippen LogP contribution is 2.38. The molecule has 0 aromatic heterocycles. The number of aliphatic hydroxyl groups excluding tert-OH is 1.